The Morgan fingerprint density at radius 1 is 1.21 bits per heavy atom. The van der Waals surface area contributed by atoms with Crippen molar-refractivity contribution in [3.05, 3.63) is 26.6 Å². The maximum atomic E-state index is 6.28. The first kappa shape index (κ1) is 15.7. The van der Waals surface area contributed by atoms with Crippen molar-refractivity contribution in [3.63, 3.8) is 0 Å². The Labute approximate surface area is 137 Å². The minimum absolute atomic E-state index is 0.341. The molecule has 1 fully saturated rings. The van der Waals surface area contributed by atoms with E-state index in [1.165, 1.54) is 25.7 Å². The fourth-order valence-corrected chi connectivity index (χ4v) is 4.37. The lowest BCUT2D eigenvalue weighted by molar-refractivity contribution is 0.0889. The lowest BCUT2D eigenvalue weighted by atomic mass is 9.85. The molecule has 4 heteroatoms. The first-order chi connectivity index (χ1) is 9.15. The maximum Gasteiger partial charge on any atom is 0.148 e. The van der Waals surface area contributed by atoms with Gasteiger partial charge in [-0.3, -0.25) is 0 Å². The Kier molecular flexibility index (Phi) is 6.04. The molecule has 2 unspecified atom stereocenters. The highest BCUT2D eigenvalue weighted by atomic mass is 79.9. The molecule has 0 saturated heterocycles. The molecule has 0 bridgehead atoms. The third-order valence-electron chi connectivity index (χ3n) is 3.85. The highest BCUT2D eigenvalue weighted by molar-refractivity contribution is 9.11. The zero-order chi connectivity index (χ0) is 13.8. The van der Waals surface area contributed by atoms with Crippen LogP contribution in [0.1, 0.15) is 44.6 Å². The van der Waals surface area contributed by atoms with Crippen molar-refractivity contribution < 1.29 is 4.74 Å². The summed E-state index contributed by atoms with van der Waals surface area (Å²) in [5.74, 6) is 2.11. The average molecular weight is 411 g/mol. The monoisotopic (exact) mass is 408 g/mol. The van der Waals surface area contributed by atoms with E-state index in [1.54, 1.807) is 0 Å². The predicted octanol–water partition coefficient (Wildman–Crippen LogP) is 6.30. The average Bonchev–Trinajstić information content (AvgIpc) is 2.43. The van der Waals surface area contributed by atoms with Crippen LogP contribution in [-0.2, 0) is 5.88 Å². The fraction of sp³-hybridized carbons (Fsp3) is 0.600. The molecule has 2 atom stereocenters. The normalized spacial score (nSPS) is 23.4. The summed E-state index contributed by atoms with van der Waals surface area (Å²) in [7, 11) is 0. The Morgan fingerprint density at radius 3 is 2.42 bits per heavy atom. The Bertz CT molecular complexity index is 413. The van der Waals surface area contributed by atoms with E-state index >= 15 is 0 Å². The third kappa shape index (κ3) is 3.89. The second-order valence-electron chi connectivity index (χ2n) is 5.13. The van der Waals surface area contributed by atoms with Gasteiger partial charge in [-0.2, -0.15) is 0 Å². The van der Waals surface area contributed by atoms with Crippen LogP contribution in [-0.4, -0.2) is 6.10 Å². The summed E-state index contributed by atoms with van der Waals surface area (Å²) in [6.07, 6.45) is 6.60. The standard InChI is InChI=1S/C15H19Br2ClO/c1-2-11-5-3-4-6-14(11)19-15-12(16)7-10(9-18)8-13(15)17/h7-8,11,14H,2-6,9H2,1H3. The number of alkyl halides is 1. The zero-order valence-corrected chi connectivity index (χ0v) is 15.0. The number of rotatable bonds is 4. The summed E-state index contributed by atoms with van der Waals surface area (Å²) >= 11 is 13.1. The smallest absolute Gasteiger partial charge is 0.148 e. The van der Waals surface area contributed by atoms with Gasteiger partial charge in [-0.15, -0.1) is 11.6 Å². The van der Waals surface area contributed by atoms with E-state index in [2.05, 4.69) is 38.8 Å². The van der Waals surface area contributed by atoms with Gasteiger partial charge in [0.05, 0.1) is 8.95 Å². The zero-order valence-electron chi connectivity index (χ0n) is 11.1. The number of hydrogen-bond donors (Lipinski definition) is 0. The lowest BCUT2D eigenvalue weighted by Crippen LogP contribution is -2.30. The molecular weight excluding hydrogens is 391 g/mol. The van der Waals surface area contributed by atoms with Crippen LogP contribution in [0.25, 0.3) is 0 Å². The van der Waals surface area contributed by atoms with E-state index in [0.717, 1.165) is 26.7 Å². The summed E-state index contributed by atoms with van der Waals surface area (Å²) in [6, 6.07) is 4.08. The van der Waals surface area contributed by atoms with E-state index in [1.807, 2.05) is 12.1 Å². The minimum atomic E-state index is 0.341. The fourth-order valence-electron chi connectivity index (χ4n) is 2.75. The SMILES string of the molecule is CCC1CCCCC1Oc1c(Br)cc(CCl)cc1Br. The molecule has 19 heavy (non-hydrogen) atoms. The predicted molar refractivity (Wildman–Crippen MR) is 88.1 cm³/mol. The van der Waals surface area contributed by atoms with Crippen LogP contribution in [0.5, 0.6) is 5.75 Å². The van der Waals surface area contributed by atoms with Gasteiger partial charge in [0.25, 0.3) is 0 Å². The highest BCUT2D eigenvalue weighted by Crippen LogP contribution is 2.39. The van der Waals surface area contributed by atoms with Gasteiger partial charge in [0.2, 0.25) is 0 Å². The van der Waals surface area contributed by atoms with Gasteiger partial charge >= 0.3 is 0 Å². The second kappa shape index (κ2) is 7.33. The van der Waals surface area contributed by atoms with Gasteiger partial charge in [0.15, 0.2) is 0 Å². The molecule has 1 aliphatic rings. The van der Waals surface area contributed by atoms with E-state index < -0.39 is 0 Å². The molecule has 2 rings (SSSR count). The first-order valence-electron chi connectivity index (χ1n) is 6.86. The van der Waals surface area contributed by atoms with Crippen LogP contribution in [0, 0.1) is 5.92 Å². The van der Waals surface area contributed by atoms with E-state index in [9.17, 15) is 0 Å². The molecule has 1 nitrogen and oxygen atoms in total. The van der Waals surface area contributed by atoms with Crippen LogP contribution < -0.4 is 4.74 Å². The number of benzene rings is 1. The molecule has 0 N–H and O–H groups in total. The summed E-state index contributed by atoms with van der Waals surface area (Å²) < 4.78 is 8.25. The van der Waals surface area contributed by atoms with Crippen molar-refractivity contribution in [2.24, 2.45) is 5.92 Å². The van der Waals surface area contributed by atoms with Crippen LogP contribution in [0.3, 0.4) is 0 Å². The van der Waals surface area contributed by atoms with E-state index in [-0.39, 0.29) is 0 Å². The van der Waals surface area contributed by atoms with Crippen molar-refractivity contribution in [1.29, 1.82) is 0 Å². The molecule has 106 valence electrons. The molecule has 0 radical (unpaired) electrons. The van der Waals surface area contributed by atoms with Gasteiger partial charge in [0, 0.05) is 5.88 Å². The maximum absolute atomic E-state index is 6.28. The quantitative estimate of drug-likeness (QED) is 0.530. The Morgan fingerprint density at radius 2 is 1.84 bits per heavy atom. The molecule has 1 saturated carbocycles. The van der Waals surface area contributed by atoms with Crippen LogP contribution >= 0.6 is 43.5 Å². The minimum Gasteiger partial charge on any atom is -0.488 e. The van der Waals surface area contributed by atoms with E-state index in [4.69, 9.17) is 16.3 Å². The van der Waals surface area contributed by atoms with Crippen LogP contribution in [0.4, 0.5) is 0 Å². The highest BCUT2D eigenvalue weighted by Gasteiger charge is 2.26. The summed E-state index contributed by atoms with van der Waals surface area (Å²) in [5, 5.41) is 0. The van der Waals surface area contributed by atoms with Crippen molar-refractivity contribution in [2.45, 2.75) is 51.0 Å². The molecule has 1 aliphatic carbocycles. The van der Waals surface area contributed by atoms with Crippen LogP contribution in [0.15, 0.2) is 21.1 Å². The van der Waals surface area contributed by atoms with Crippen molar-refractivity contribution in [2.75, 3.05) is 0 Å². The Balaban J connectivity index is 2.18. The number of hydrogen-bond acceptors (Lipinski definition) is 1. The van der Waals surface area contributed by atoms with Crippen molar-refractivity contribution >= 4 is 43.5 Å². The lowest BCUT2D eigenvalue weighted by Gasteiger charge is -2.32. The molecule has 1 aromatic carbocycles. The Hall–Kier alpha value is 0.270. The summed E-state index contributed by atoms with van der Waals surface area (Å²) in [6.45, 7) is 2.26. The van der Waals surface area contributed by atoms with Gasteiger partial charge < -0.3 is 4.74 Å². The third-order valence-corrected chi connectivity index (χ3v) is 5.33. The first-order valence-corrected chi connectivity index (χ1v) is 8.98. The molecular formula is C15H19Br2ClO. The van der Waals surface area contributed by atoms with Gasteiger partial charge in [-0.25, -0.2) is 0 Å². The summed E-state index contributed by atoms with van der Waals surface area (Å²) in [5.41, 5.74) is 1.09. The van der Waals surface area contributed by atoms with Crippen LogP contribution in [0.2, 0.25) is 0 Å². The molecule has 0 amide bonds. The second-order valence-corrected chi connectivity index (χ2v) is 7.11. The molecule has 1 aromatic rings. The van der Waals surface area contributed by atoms with E-state index in [0.29, 0.717) is 17.9 Å². The van der Waals surface area contributed by atoms with Gasteiger partial charge in [-0.05, 0) is 81.2 Å². The van der Waals surface area contributed by atoms with Crippen molar-refractivity contribution in [1.82, 2.24) is 0 Å². The topological polar surface area (TPSA) is 9.23 Å². The van der Waals surface area contributed by atoms with Gasteiger partial charge in [0.1, 0.15) is 11.9 Å². The number of halogens is 3. The summed E-state index contributed by atoms with van der Waals surface area (Å²) in [4.78, 5) is 0. The molecule has 0 heterocycles. The molecule has 0 spiro atoms. The van der Waals surface area contributed by atoms with Gasteiger partial charge in [-0.1, -0.05) is 13.3 Å². The molecule has 0 aliphatic heterocycles. The molecule has 0 aromatic heterocycles. The largest absolute Gasteiger partial charge is 0.488 e. The number of ether oxygens (including phenoxy) is 1. The van der Waals surface area contributed by atoms with Crippen molar-refractivity contribution in [3.8, 4) is 5.75 Å².